The number of amides is 1. The summed E-state index contributed by atoms with van der Waals surface area (Å²) in [6.45, 7) is 12.0. The summed E-state index contributed by atoms with van der Waals surface area (Å²) < 4.78 is 5.74. The van der Waals surface area contributed by atoms with Gasteiger partial charge in [-0.15, -0.1) is 10.2 Å². The molecule has 10 heteroatoms. The number of nitrogens with zero attached hydrogens (tertiary/aromatic N) is 6. The van der Waals surface area contributed by atoms with E-state index in [1.807, 2.05) is 19.9 Å². The van der Waals surface area contributed by atoms with Gasteiger partial charge in [0, 0.05) is 37.3 Å². The highest BCUT2D eigenvalue weighted by Gasteiger charge is 2.41. The van der Waals surface area contributed by atoms with E-state index in [9.17, 15) is 15.2 Å². The molecule has 1 N–H and O–H groups in total. The fourth-order valence-corrected chi connectivity index (χ4v) is 5.37. The number of hydrazine groups is 1. The lowest BCUT2D eigenvalue weighted by atomic mass is 10.0. The van der Waals surface area contributed by atoms with Crippen molar-refractivity contribution in [3.8, 4) is 22.4 Å². The summed E-state index contributed by atoms with van der Waals surface area (Å²) in [7, 11) is 0. The van der Waals surface area contributed by atoms with E-state index in [0.29, 0.717) is 36.7 Å². The first-order valence-electron chi connectivity index (χ1n) is 11.5. The summed E-state index contributed by atoms with van der Waals surface area (Å²) in [6, 6.07) is 7.68. The highest BCUT2D eigenvalue weighted by atomic mass is 32.1. The Kier molecular flexibility index (Phi) is 6.66. The minimum Gasteiger partial charge on any atom is -0.490 e. The number of carboxylic acid groups (broad SMARTS) is 1. The molecule has 0 saturated heterocycles. The number of hydrogen-bond acceptors (Lipinski definition) is 8. The lowest BCUT2D eigenvalue weighted by molar-refractivity contribution is 0.145. The van der Waals surface area contributed by atoms with Gasteiger partial charge in [0.25, 0.3) is 0 Å². The normalized spacial score (nSPS) is 18.1. The van der Waals surface area contributed by atoms with Crippen LogP contribution >= 0.6 is 11.3 Å². The Hall–Kier alpha value is -3.32. The Morgan fingerprint density at radius 3 is 2.74 bits per heavy atom. The van der Waals surface area contributed by atoms with Crippen molar-refractivity contribution >= 4 is 22.6 Å². The molecular weight excluding hydrogens is 452 g/mol. The monoisotopic (exact) mass is 482 g/mol. The Morgan fingerprint density at radius 1 is 1.32 bits per heavy atom. The number of nitriles is 1. The van der Waals surface area contributed by atoms with Gasteiger partial charge in [0.15, 0.2) is 0 Å². The van der Waals surface area contributed by atoms with Crippen molar-refractivity contribution in [1.82, 2.24) is 20.1 Å². The first-order valence-corrected chi connectivity index (χ1v) is 12.3. The van der Waals surface area contributed by atoms with Crippen LogP contribution in [0, 0.1) is 17.2 Å². The molecule has 2 aliphatic rings. The van der Waals surface area contributed by atoms with Gasteiger partial charge >= 0.3 is 6.09 Å². The van der Waals surface area contributed by atoms with Gasteiger partial charge in [-0.25, -0.2) is 4.79 Å². The van der Waals surface area contributed by atoms with Crippen LogP contribution in [0.1, 0.15) is 46.6 Å². The van der Waals surface area contributed by atoms with E-state index in [4.69, 9.17) is 4.74 Å². The van der Waals surface area contributed by atoms with Crippen LogP contribution in [0.25, 0.3) is 10.6 Å². The zero-order chi connectivity index (χ0) is 24.6. The third-order valence-corrected chi connectivity index (χ3v) is 6.88. The average Bonchev–Trinajstić information content (AvgIpc) is 3.36. The zero-order valence-electron chi connectivity index (χ0n) is 20.1. The van der Waals surface area contributed by atoms with Crippen LogP contribution in [0.15, 0.2) is 29.5 Å². The Morgan fingerprint density at radius 2 is 2.09 bits per heavy atom. The highest BCUT2D eigenvalue weighted by molar-refractivity contribution is 7.18. The number of carbonyl (C=O) groups is 1. The second-order valence-electron chi connectivity index (χ2n) is 9.30. The van der Waals surface area contributed by atoms with Crippen molar-refractivity contribution < 1.29 is 14.6 Å². The third kappa shape index (κ3) is 4.53. The summed E-state index contributed by atoms with van der Waals surface area (Å²) in [5.74, 6) is 0.972. The molecule has 180 valence electrons. The maximum atomic E-state index is 11.6. The quantitative estimate of drug-likeness (QED) is 0.638. The summed E-state index contributed by atoms with van der Waals surface area (Å²) in [4.78, 5) is 13.1. The lowest BCUT2D eigenvalue weighted by Crippen LogP contribution is -2.43. The zero-order valence-corrected chi connectivity index (χ0v) is 21.0. The molecule has 0 radical (unpaired) electrons. The molecule has 34 heavy (non-hydrogen) atoms. The van der Waals surface area contributed by atoms with Crippen molar-refractivity contribution in [3.05, 3.63) is 35.0 Å². The van der Waals surface area contributed by atoms with Gasteiger partial charge in [-0.05, 0) is 50.5 Å². The van der Waals surface area contributed by atoms with Gasteiger partial charge in [-0.1, -0.05) is 25.2 Å². The van der Waals surface area contributed by atoms with Gasteiger partial charge in [0.05, 0.1) is 17.7 Å². The Balaban J connectivity index is 1.65. The largest absolute Gasteiger partial charge is 0.490 e. The first-order chi connectivity index (χ1) is 16.2. The van der Waals surface area contributed by atoms with Gasteiger partial charge in [0.2, 0.25) is 5.13 Å². The molecule has 0 aliphatic carbocycles. The third-order valence-electron chi connectivity index (χ3n) is 5.92. The summed E-state index contributed by atoms with van der Waals surface area (Å²) >= 11 is 1.46. The second-order valence-corrected chi connectivity index (χ2v) is 10.3. The molecule has 0 saturated carbocycles. The Bertz CT molecular complexity index is 1150. The van der Waals surface area contributed by atoms with Gasteiger partial charge in [-0.3, -0.25) is 10.0 Å². The molecule has 1 atom stereocenters. The second kappa shape index (κ2) is 9.50. The molecule has 0 fully saturated rings. The molecule has 2 aromatic rings. The van der Waals surface area contributed by atoms with Crippen molar-refractivity contribution in [3.63, 3.8) is 0 Å². The molecule has 1 unspecified atom stereocenters. The van der Waals surface area contributed by atoms with Crippen molar-refractivity contribution in [2.75, 3.05) is 24.6 Å². The minimum atomic E-state index is -0.885. The fraction of sp³-hybridized carbons (Fsp3) is 0.500. The lowest BCUT2D eigenvalue weighted by Gasteiger charge is -2.35. The molecule has 3 heterocycles. The van der Waals surface area contributed by atoms with Crippen LogP contribution in [-0.2, 0) is 0 Å². The molecular formula is C24H30N6O3S. The number of hydrogen-bond donors (Lipinski definition) is 1. The number of rotatable bonds is 6. The molecule has 2 aliphatic heterocycles. The number of aromatic nitrogens is 2. The Labute approximate surface area is 203 Å². The van der Waals surface area contributed by atoms with E-state index < -0.39 is 6.09 Å². The number of benzene rings is 1. The molecule has 1 amide bonds. The summed E-state index contributed by atoms with van der Waals surface area (Å²) in [5, 5.41) is 33.9. The van der Waals surface area contributed by atoms with Crippen molar-refractivity contribution in [1.29, 1.82) is 5.26 Å². The van der Waals surface area contributed by atoms with Crippen LogP contribution in [0.3, 0.4) is 0 Å². The van der Waals surface area contributed by atoms with E-state index in [2.05, 4.69) is 47.1 Å². The van der Waals surface area contributed by atoms with Gasteiger partial charge in [-0.2, -0.15) is 5.26 Å². The van der Waals surface area contributed by atoms with Crippen LogP contribution in [0.2, 0.25) is 0 Å². The molecule has 1 aromatic heterocycles. The molecule has 9 nitrogen and oxygen atoms in total. The van der Waals surface area contributed by atoms with Crippen LogP contribution in [-0.4, -0.2) is 63.1 Å². The molecule has 1 aromatic carbocycles. The standard InChI is InChI=1S/C24H30N6O3S/c1-14(2)12-29-20-8-9-28(24(31)32)13-19(20)16(5)30(29)23-27-26-22(34-23)17-6-7-21(33-15(3)4)18(10-17)11-25/h6-7,10,14-16H,8-9,12-13H2,1-5H3,(H,31,32). The molecule has 0 spiro atoms. The van der Waals surface area contributed by atoms with Crippen LogP contribution < -0.4 is 9.75 Å². The smallest absolute Gasteiger partial charge is 0.407 e. The topological polar surface area (TPSA) is 106 Å². The van der Waals surface area contributed by atoms with E-state index >= 15 is 0 Å². The molecule has 0 bridgehead atoms. The highest BCUT2D eigenvalue weighted by Crippen LogP contribution is 2.41. The number of ether oxygens (including phenoxy) is 1. The van der Waals surface area contributed by atoms with E-state index in [1.165, 1.54) is 21.9 Å². The summed E-state index contributed by atoms with van der Waals surface area (Å²) in [6.07, 6.45) is -0.224. The van der Waals surface area contributed by atoms with Crippen LogP contribution in [0.5, 0.6) is 5.75 Å². The fourth-order valence-electron chi connectivity index (χ4n) is 4.44. The van der Waals surface area contributed by atoms with Crippen LogP contribution in [0.4, 0.5) is 9.93 Å². The number of anilines is 1. The predicted molar refractivity (Wildman–Crippen MR) is 131 cm³/mol. The van der Waals surface area contributed by atoms with Gasteiger partial charge in [0.1, 0.15) is 16.8 Å². The van der Waals surface area contributed by atoms with Crippen molar-refractivity contribution in [2.45, 2.75) is 53.2 Å². The molecule has 4 rings (SSSR count). The minimum absolute atomic E-state index is 0.0202. The van der Waals surface area contributed by atoms with Gasteiger partial charge < -0.3 is 14.7 Å². The predicted octanol–water partition coefficient (Wildman–Crippen LogP) is 4.58. The van der Waals surface area contributed by atoms with Crippen molar-refractivity contribution in [2.24, 2.45) is 5.92 Å². The van der Waals surface area contributed by atoms with E-state index in [0.717, 1.165) is 27.8 Å². The maximum absolute atomic E-state index is 11.6. The first kappa shape index (κ1) is 23.8. The summed E-state index contributed by atoms with van der Waals surface area (Å²) in [5.41, 5.74) is 3.59. The SMILES string of the molecule is CC(C)CN1C2=C(CN(C(=O)O)CC2)C(C)N1c1nnc(-c2ccc(OC(C)C)c(C#N)c2)s1. The maximum Gasteiger partial charge on any atom is 0.407 e. The average molecular weight is 483 g/mol. The van der Waals surface area contributed by atoms with E-state index in [-0.39, 0.29) is 12.1 Å². The van der Waals surface area contributed by atoms with E-state index in [1.54, 1.807) is 12.1 Å².